The maximum atomic E-state index is 12.4. The maximum absolute atomic E-state index is 12.4. The summed E-state index contributed by atoms with van der Waals surface area (Å²) in [4.78, 5) is 12.4. The second-order valence-electron chi connectivity index (χ2n) is 9.36. The molecule has 5 heteroatoms. The molecule has 4 nitrogen and oxygen atoms in total. The van der Waals surface area contributed by atoms with Gasteiger partial charge in [0.05, 0.1) is 14.2 Å². The number of ketones is 1. The molecule has 0 unspecified atom stereocenters. The molecule has 0 aliphatic heterocycles. The van der Waals surface area contributed by atoms with Crippen LogP contribution in [0.2, 0.25) is 18.1 Å². The number of methoxy groups -OCH3 is 2. The Morgan fingerprint density at radius 3 is 1.79 bits per heavy atom. The van der Waals surface area contributed by atoms with E-state index in [4.69, 9.17) is 13.9 Å². The molecule has 0 spiro atoms. The van der Waals surface area contributed by atoms with E-state index in [0.29, 0.717) is 28.5 Å². The Kier molecular flexibility index (Phi) is 11.0. The average molecular weight is 423 g/mol. The summed E-state index contributed by atoms with van der Waals surface area (Å²) in [6, 6.07) is 5.36. The third-order valence-corrected chi connectivity index (χ3v) is 10.5. The van der Waals surface area contributed by atoms with Crippen LogP contribution < -0.4 is 9.47 Å². The molecule has 1 aromatic carbocycles. The summed E-state index contributed by atoms with van der Waals surface area (Å²) in [5, 5.41) is 0.292. The Hall–Kier alpha value is -1.33. The lowest BCUT2D eigenvalue weighted by atomic mass is 10.0. The summed E-state index contributed by atoms with van der Waals surface area (Å²) >= 11 is 0. The highest BCUT2D eigenvalue weighted by atomic mass is 28.4. The molecule has 0 saturated heterocycles. The lowest BCUT2D eigenvalue weighted by molar-refractivity contribution is 0.0978. The van der Waals surface area contributed by atoms with E-state index in [9.17, 15) is 4.79 Å². The lowest BCUT2D eigenvalue weighted by Gasteiger charge is -2.36. The van der Waals surface area contributed by atoms with Crippen LogP contribution in [0.5, 0.6) is 11.5 Å². The van der Waals surface area contributed by atoms with Gasteiger partial charge in [0.15, 0.2) is 14.1 Å². The normalized spacial score (nSPS) is 12.1. The molecule has 0 aliphatic carbocycles. The summed E-state index contributed by atoms with van der Waals surface area (Å²) in [6.45, 7) is 12.4. The van der Waals surface area contributed by atoms with Crippen molar-refractivity contribution in [3.05, 3.63) is 23.8 Å². The van der Waals surface area contributed by atoms with E-state index in [1.807, 2.05) is 0 Å². The first-order chi connectivity index (χ1) is 13.6. The quantitative estimate of drug-likeness (QED) is 0.183. The topological polar surface area (TPSA) is 44.8 Å². The summed E-state index contributed by atoms with van der Waals surface area (Å²) in [7, 11) is 1.61. The zero-order valence-corrected chi connectivity index (χ0v) is 20.7. The molecule has 0 radical (unpaired) electrons. The fraction of sp³-hybridized carbons (Fsp3) is 0.708. The van der Waals surface area contributed by atoms with Gasteiger partial charge in [-0.05, 0) is 43.1 Å². The van der Waals surface area contributed by atoms with Gasteiger partial charge in [0.2, 0.25) is 0 Å². The van der Waals surface area contributed by atoms with E-state index in [-0.39, 0.29) is 5.78 Å². The van der Waals surface area contributed by atoms with Gasteiger partial charge < -0.3 is 13.9 Å². The minimum absolute atomic E-state index is 0.157. The first-order valence-corrected chi connectivity index (χ1v) is 13.9. The van der Waals surface area contributed by atoms with E-state index in [2.05, 4.69) is 33.9 Å². The standard InChI is InChI=1S/C24H42O4Si/c1-24(2,3)29(6,7)28-16-14-12-10-8-9-11-13-15-23(25)20-17-21(26-4)19-22(18-20)27-5/h17-19H,8-16H2,1-7H3. The molecule has 0 atom stereocenters. The van der Waals surface area contributed by atoms with Crippen LogP contribution in [-0.2, 0) is 4.43 Å². The van der Waals surface area contributed by atoms with Gasteiger partial charge >= 0.3 is 0 Å². The third kappa shape index (κ3) is 9.35. The predicted molar refractivity (Wildman–Crippen MR) is 124 cm³/mol. The van der Waals surface area contributed by atoms with Gasteiger partial charge in [0, 0.05) is 24.7 Å². The van der Waals surface area contributed by atoms with E-state index in [1.54, 1.807) is 32.4 Å². The number of carbonyl (C=O) groups excluding carboxylic acids is 1. The maximum Gasteiger partial charge on any atom is 0.191 e. The highest BCUT2D eigenvalue weighted by Gasteiger charge is 2.36. The van der Waals surface area contributed by atoms with Gasteiger partial charge in [-0.25, -0.2) is 0 Å². The van der Waals surface area contributed by atoms with Gasteiger partial charge in [0.25, 0.3) is 0 Å². The molecule has 0 saturated carbocycles. The second-order valence-corrected chi connectivity index (χ2v) is 14.2. The van der Waals surface area contributed by atoms with Crippen molar-refractivity contribution in [2.75, 3.05) is 20.8 Å². The number of ether oxygens (including phenoxy) is 2. The Morgan fingerprint density at radius 2 is 1.31 bits per heavy atom. The Labute approximate surface area is 179 Å². The molecular formula is C24H42O4Si. The SMILES string of the molecule is COc1cc(OC)cc(C(=O)CCCCCCCCCO[Si](C)(C)C(C)(C)C)c1. The smallest absolute Gasteiger partial charge is 0.191 e. The number of carbonyl (C=O) groups is 1. The predicted octanol–water partition coefficient (Wildman–Crippen LogP) is 7.03. The number of benzene rings is 1. The zero-order valence-electron chi connectivity index (χ0n) is 19.7. The molecule has 29 heavy (non-hydrogen) atoms. The first-order valence-electron chi connectivity index (χ1n) is 11.0. The molecule has 1 rings (SSSR count). The van der Waals surface area contributed by atoms with Crippen LogP contribution in [0.1, 0.15) is 82.5 Å². The molecular weight excluding hydrogens is 380 g/mol. The van der Waals surface area contributed by atoms with Crippen LogP contribution in [-0.4, -0.2) is 34.9 Å². The van der Waals surface area contributed by atoms with Crippen molar-refractivity contribution in [1.29, 1.82) is 0 Å². The van der Waals surface area contributed by atoms with Crippen LogP contribution in [0, 0.1) is 0 Å². The van der Waals surface area contributed by atoms with Crippen molar-refractivity contribution in [2.45, 2.75) is 90.3 Å². The Balaban J connectivity index is 2.14. The minimum atomic E-state index is -1.59. The number of hydrogen-bond acceptors (Lipinski definition) is 4. The number of rotatable bonds is 14. The van der Waals surface area contributed by atoms with Crippen LogP contribution >= 0.6 is 0 Å². The van der Waals surface area contributed by atoms with Crippen LogP contribution in [0.25, 0.3) is 0 Å². The molecule has 1 aromatic rings. The molecule has 0 aromatic heterocycles. The highest BCUT2D eigenvalue weighted by Crippen LogP contribution is 2.36. The van der Waals surface area contributed by atoms with Gasteiger partial charge in [-0.3, -0.25) is 4.79 Å². The molecule has 0 bridgehead atoms. The lowest BCUT2D eigenvalue weighted by Crippen LogP contribution is -2.40. The van der Waals surface area contributed by atoms with E-state index in [1.165, 1.54) is 25.7 Å². The second kappa shape index (κ2) is 12.4. The third-order valence-electron chi connectivity index (χ3n) is 5.99. The highest BCUT2D eigenvalue weighted by molar-refractivity contribution is 6.74. The van der Waals surface area contributed by atoms with E-state index in [0.717, 1.165) is 25.9 Å². The van der Waals surface area contributed by atoms with E-state index >= 15 is 0 Å². The largest absolute Gasteiger partial charge is 0.497 e. The Morgan fingerprint density at radius 1 is 0.828 bits per heavy atom. The van der Waals surface area contributed by atoms with Crippen molar-refractivity contribution in [2.24, 2.45) is 0 Å². The number of hydrogen-bond donors (Lipinski definition) is 0. The van der Waals surface area contributed by atoms with E-state index < -0.39 is 8.32 Å². The van der Waals surface area contributed by atoms with Crippen molar-refractivity contribution in [3.8, 4) is 11.5 Å². The molecule has 0 heterocycles. The fourth-order valence-electron chi connectivity index (χ4n) is 2.93. The van der Waals surface area contributed by atoms with Crippen LogP contribution in [0.3, 0.4) is 0 Å². The monoisotopic (exact) mass is 422 g/mol. The summed E-state index contributed by atoms with van der Waals surface area (Å²) in [5.41, 5.74) is 0.669. The van der Waals surface area contributed by atoms with Gasteiger partial charge in [-0.2, -0.15) is 0 Å². The molecule has 166 valence electrons. The Bertz CT molecular complexity index is 598. The zero-order chi connectivity index (χ0) is 21.9. The van der Waals surface area contributed by atoms with Gasteiger partial charge in [-0.15, -0.1) is 0 Å². The van der Waals surface area contributed by atoms with Crippen LogP contribution in [0.15, 0.2) is 18.2 Å². The number of unbranched alkanes of at least 4 members (excludes halogenated alkanes) is 6. The van der Waals surface area contributed by atoms with Crippen molar-refractivity contribution < 1.29 is 18.7 Å². The first kappa shape index (κ1) is 25.7. The van der Waals surface area contributed by atoms with Gasteiger partial charge in [-0.1, -0.05) is 52.9 Å². The minimum Gasteiger partial charge on any atom is -0.497 e. The summed E-state index contributed by atoms with van der Waals surface area (Å²) in [5.74, 6) is 1.47. The molecule has 0 N–H and O–H groups in total. The van der Waals surface area contributed by atoms with Crippen molar-refractivity contribution in [3.63, 3.8) is 0 Å². The molecule has 0 aliphatic rings. The van der Waals surface area contributed by atoms with Crippen molar-refractivity contribution in [1.82, 2.24) is 0 Å². The van der Waals surface area contributed by atoms with Gasteiger partial charge in [0.1, 0.15) is 11.5 Å². The average Bonchev–Trinajstić information content (AvgIpc) is 2.67. The summed E-state index contributed by atoms with van der Waals surface area (Å²) in [6.07, 6.45) is 8.69. The fourth-order valence-corrected chi connectivity index (χ4v) is 4.02. The number of Topliss-reactive ketones (excluding diaryl/α,β-unsaturated/α-hetero) is 1. The van der Waals surface area contributed by atoms with Crippen LogP contribution in [0.4, 0.5) is 0 Å². The molecule has 0 amide bonds. The molecule has 0 fully saturated rings. The van der Waals surface area contributed by atoms with Crippen molar-refractivity contribution >= 4 is 14.1 Å². The summed E-state index contributed by atoms with van der Waals surface area (Å²) < 4.78 is 16.7.